The summed E-state index contributed by atoms with van der Waals surface area (Å²) in [5.41, 5.74) is 2.47. The lowest BCUT2D eigenvalue weighted by molar-refractivity contribution is 0.0666. The zero-order chi connectivity index (χ0) is 28.5. The van der Waals surface area contributed by atoms with E-state index < -0.39 is 29.2 Å². The Morgan fingerprint density at radius 3 is 2.17 bits per heavy atom. The predicted molar refractivity (Wildman–Crippen MR) is 154 cm³/mol. The fourth-order valence-electron chi connectivity index (χ4n) is 7.02. The number of benzene rings is 4. The molecule has 0 saturated carbocycles. The zero-order valence-corrected chi connectivity index (χ0v) is 22.5. The number of carbonyl (C=O) groups is 3. The fraction of sp³-hybridized carbons (Fsp3) is 0.171. The van der Waals surface area contributed by atoms with E-state index in [1.54, 1.807) is 73.9 Å². The summed E-state index contributed by atoms with van der Waals surface area (Å²) in [5, 5.41) is 0. The summed E-state index contributed by atoms with van der Waals surface area (Å²) in [7, 11) is 1.57. The van der Waals surface area contributed by atoms with E-state index in [2.05, 4.69) is 0 Å². The van der Waals surface area contributed by atoms with E-state index in [4.69, 9.17) is 4.74 Å². The first kappa shape index (κ1) is 25.1. The number of nitrogens with zero attached hydrogens (tertiary/aromatic N) is 1. The minimum Gasteiger partial charge on any atom is -0.497 e. The van der Waals surface area contributed by atoms with Crippen molar-refractivity contribution in [1.82, 2.24) is 0 Å². The molecule has 0 bridgehead atoms. The molecule has 7 rings (SSSR count). The molecule has 1 aliphatic carbocycles. The summed E-state index contributed by atoms with van der Waals surface area (Å²) in [5.74, 6) is -1.44. The van der Waals surface area contributed by atoms with Crippen LogP contribution in [0.2, 0.25) is 0 Å². The molecule has 5 nitrogen and oxygen atoms in total. The largest absolute Gasteiger partial charge is 0.497 e. The number of aryl methyl sites for hydroxylation is 1. The van der Waals surface area contributed by atoms with Crippen LogP contribution < -0.4 is 9.64 Å². The number of hydrogen-bond donors (Lipinski definition) is 0. The van der Waals surface area contributed by atoms with Crippen LogP contribution in [0, 0.1) is 18.2 Å². The number of hydrogen-bond acceptors (Lipinski definition) is 5. The quantitative estimate of drug-likeness (QED) is 0.218. The Morgan fingerprint density at radius 2 is 1.54 bits per heavy atom. The lowest BCUT2D eigenvalue weighted by Gasteiger charge is -2.37. The maximum atomic E-state index is 14.6. The summed E-state index contributed by atoms with van der Waals surface area (Å²) in [6, 6.07) is 24.1. The predicted octanol–water partition coefficient (Wildman–Crippen LogP) is 6.46. The number of carbonyl (C=O) groups excluding carboxylic acids is 3. The van der Waals surface area contributed by atoms with Gasteiger partial charge >= 0.3 is 0 Å². The Hall–Kier alpha value is -4.84. The number of anilines is 1. The van der Waals surface area contributed by atoms with Gasteiger partial charge in [0.15, 0.2) is 17.3 Å². The molecule has 0 unspecified atom stereocenters. The van der Waals surface area contributed by atoms with Gasteiger partial charge in [0.25, 0.3) is 0 Å². The van der Waals surface area contributed by atoms with Crippen molar-refractivity contribution in [2.75, 3.05) is 12.0 Å². The van der Waals surface area contributed by atoms with Crippen LogP contribution >= 0.6 is 0 Å². The average Bonchev–Trinajstić information content (AvgIpc) is 3.43. The molecule has 2 aliphatic heterocycles. The minimum absolute atomic E-state index is 0.213. The van der Waals surface area contributed by atoms with Crippen molar-refractivity contribution in [3.63, 3.8) is 0 Å². The van der Waals surface area contributed by atoms with Gasteiger partial charge in [0.05, 0.1) is 13.2 Å². The van der Waals surface area contributed by atoms with E-state index in [9.17, 15) is 18.8 Å². The van der Waals surface area contributed by atoms with Crippen LogP contribution in [-0.4, -0.2) is 36.5 Å². The summed E-state index contributed by atoms with van der Waals surface area (Å²) >= 11 is 0. The molecule has 4 aromatic carbocycles. The highest BCUT2D eigenvalue weighted by atomic mass is 19.1. The summed E-state index contributed by atoms with van der Waals surface area (Å²) in [4.78, 5) is 45.8. The fourth-order valence-corrected chi connectivity index (χ4v) is 7.02. The molecule has 0 N–H and O–H groups in total. The van der Waals surface area contributed by atoms with E-state index in [0.29, 0.717) is 39.3 Å². The lowest BCUT2D eigenvalue weighted by Crippen LogP contribution is -2.48. The van der Waals surface area contributed by atoms with Gasteiger partial charge in [-0.15, -0.1) is 0 Å². The van der Waals surface area contributed by atoms with Crippen LogP contribution in [-0.2, 0) is 0 Å². The van der Waals surface area contributed by atoms with Crippen molar-refractivity contribution in [2.24, 2.45) is 5.41 Å². The molecule has 0 aromatic heterocycles. The van der Waals surface area contributed by atoms with Crippen LogP contribution in [0.5, 0.6) is 5.75 Å². The second-order valence-corrected chi connectivity index (χ2v) is 10.9. The molecule has 2 heterocycles. The Bertz CT molecular complexity index is 1740. The first-order valence-corrected chi connectivity index (χ1v) is 13.6. The average molecular weight is 544 g/mol. The smallest absolute Gasteiger partial charge is 0.185 e. The van der Waals surface area contributed by atoms with E-state index in [-0.39, 0.29) is 17.3 Å². The molecule has 3 atom stereocenters. The van der Waals surface area contributed by atoms with Crippen molar-refractivity contribution in [2.45, 2.75) is 24.9 Å². The standard InChI is InChI=1S/C35H26FNO4/c1-20-7-9-22(10-8-20)32(38)31-30(21-11-15-25(41-2)16-12-21)35(33(39)26-5-3-4-6-27(26)34(35)40)29-18-13-23-19-24(36)14-17-28(23)37(29)31/h3-19,29-31H,1-2H3/t29-,30+,31+/m0/s1. The molecule has 0 radical (unpaired) electrons. The van der Waals surface area contributed by atoms with Crippen LogP contribution in [0.3, 0.4) is 0 Å². The first-order chi connectivity index (χ1) is 19.9. The maximum Gasteiger partial charge on any atom is 0.185 e. The number of methoxy groups -OCH3 is 1. The van der Waals surface area contributed by atoms with Crippen molar-refractivity contribution < 1.29 is 23.5 Å². The molecule has 0 amide bonds. The SMILES string of the molecule is COc1ccc([C@@H]2[C@H](C(=O)c3ccc(C)cc3)N3c4ccc(F)cc4C=C[C@H]3C23C(=O)c2ccccc2C3=O)cc1. The van der Waals surface area contributed by atoms with E-state index in [1.165, 1.54) is 12.1 Å². The van der Waals surface area contributed by atoms with Crippen molar-refractivity contribution in [3.8, 4) is 5.75 Å². The number of ether oxygens (including phenoxy) is 1. The summed E-state index contributed by atoms with van der Waals surface area (Å²) in [6.45, 7) is 1.95. The van der Waals surface area contributed by atoms with Crippen molar-refractivity contribution in [3.05, 3.63) is 136 Å². The van der Waals surface area contributed by atoms with Gasteiger partial charge in [-0.1, -0.05) is 78.4 Å². The van der Waals surface area contributed by atoms with Gasteiger partial charge in [-0.2, -0.15) is 0 Å². The van der Waals surface area contributed by atoms with Gasteiger partial charge in [-0.25, -0.2) is 4.39 Å². The number of rotatable bonds is 4. The molecular formula is C35H26FNO4. The highest BCUT2D eigenvalue weighted by Crippen LogP contribution is 2.61. The summed E-state index contributed by atoms with van der Waals surface area (Å²) in [6.07, 6.45) is 3.55. The van der Waals surface area contributed by atoms with Crippen molar-refractivity contribution >= 4 is 29.1 Å². The first-order valence-electron chi connectivity index (χ1n) is 13.6. The van der Waals surface area contributed by atoms with Gasteiger partial charge in [-0.3, -0.25) is 14.4 Å². The number of fused-ring (bicyclic) bond motifs is 5. The molecule has 1 saturated heterocycles. The zero-order valence-electron chi connectivity index (χ0n) is 22.5. The third-order valence-corrected chi connectivity index (χ3v) is 8.85. The van der Waals surface area contributed by atoms with Crippen LogP contribution in [0.15, 0.2) is 97.1 Å². The molecule has 202 valence electrons. The number of Topliss-reactive ketones (excluding diaryl/α,β-unsaturated/α-hetero) is 3. The maximum absolute atomic E-state index is 14.6. The molecule has 41 heavy (non-hydrogen) atoms. The molecule has 1 spiro atoms. The van der Waals surface area contributed by atoms with Crippen LogP contribution in [0.4, 0.5) is 10.1 Å². The number of ketones is 3. The third-order valence-electron chi connectivity index (χ3n) is 8.85. The Kier molecular flexibility index (Phi) is 5.58. The van der Waals surface area contributed by atoms with Crippen LogP contribution in [0.1, 0.15) is 53.7 Å². The second kappa shape index (κ2) is 9.10. The van der Waals surface area contributed by atoms with E-state index in [0.717, 1.165) is 5.56 Å². The molecule has 3 aliphatic rings. The van der Waals surface area contributed by atoms with Crippen molar-refractivity contribution in [1.29, 1.82) is 0 Å². The van der Waals surface area contributed by atoms with E-state index in [1.807, 2.05) is 36.1 Å². The summed E-state index contributed by atoms with van der Waals surface area (Å²) < 4.78 is 19.8. The topological polar surface area (TPSA) is 63.7 Å². The van der Waals surface area contributed by atoms with E-state index >= 15 is 0 Å². The molecule has 4 aromatic rings. The minimum atomic E-state index is -1.61. The van der Waals surface area contributed by atoms with Gasteiger partial charge < -0.3 is 9.64 Å². The third kappa shape index (κ3) is 3.43. The molecule has 1 fully saturated rings. The highest BCUT2D eigenvalue weighted by molar-refractivity contribution is 6.32. The molecular weight excluding hydrogens is 517 g/mol. The highest BCUT2D eigenvalue weighted by Gasteiger charge is 2.71. The van der Waals surface area contributed by atoms with Gasteiger partial charge in [0.1, 0.15) is 23.0 Å². The van der Waals surface area contributed by atoms with Gasteiger partial charge in [0, 0.05) is 33.9 Å². The second-order valence-electron chi connectivity index (χ2n) is 10.9. The normalized spacial score (nSPS) is 21.5. The van der Waals surface area contributed by atoms with Gasteiger partial charge in [-0.05, 0) is 42.8 Å². The monoisotopic (exact) mass is 543 g/mol. The molecule has 6 heteroatoms. The Balaban J connectivity index is 1.54. The number of halogens is 1. The van der Waals surface area contributed by atoms with Gasteiger partial charge in [0.2, 0.25) is 0 Å². The Labute approximate surface area is 236 Å². The van der Waals surface area contributed by atoms with Crippen LogP contribution in [0.25, 0.3) is 6.08 Å². The Morgan fingerprint density at radius 1 is 0.878 bits per heavy atom. The lowest BCUT2D eigenvalue weighted by atomic mass is 9.64.